The highest BCUT2D eigenvalue weighted by Crippen LogP contribution is 2.35. The second-order valence-electron chi connectivity index (χ2n) is 8.58. The van der Waals surface area contributed by atoms with Crippen molar-refractivity contribution in [1.29, 1.82) is 0 Å². The maximum absolute atomic E-state index is 13.3. The van der Waals surface area contributed by atoms with Gasteiger partial charge in [-0.05, 0) is 30.9 Å². The van der Waals surface area contributed by atoms with Crippen molar-refractivity contribution in [3.63, 3.8) is 0 Å². The smallest absolute Gasteiger partial charge is 0.253 e. The van der Waals surface area contributed by atoms with Crippen LogP contribution >= 0.6 is 0 Å². The molecule has 2 amide bonds. The molecule has 2 aromatic rings. The van der Waals surface area contributed by atoms with Crippen LogP contribution in [0.15, 0.2) is 48.7 Å². The largest absolute Gasteiger partial charge is 0.368 e. The van der Waals surface area contributed by atoms with E-state index < -0.39 is 12.1 Å². The number of fused-ring (bicyclic) bond motifs is 1. The normalized spacial score (nSPS) is 23.5. The van der Waals surface area contributed by atoms with Crippen LogP contribution in [-0.4, -0.2) is 58.8 Å². The van der Waals surface area contributed by atoms with Gasteiger partial charge in [-0.2, -0.15) is 0 Å². The van der Waals surface area contributed by atoms with Crippen LogP contribution in [0.25, 0.3) is 11.3 Å². The van der Waals surface area contributed by atoms with E-state index in [2.05, 4.69) is 10.3 Å². The molecule has 1 N–H and O–H groups in total. The minimum Gasteiger partial charge on any atom is -0.368 e. The number of rotatable bonds is 6. The van der Waals surface area contributed by atoms with Gasteiger partial charge in [0.15, 0.2) is 5.78 Å². The zero-order valence-electron chi connectivity index (χ0n) is 17.2. The number of ether oxygens (including phenoxy) is 1. The first kappa shape index (κ1) is 19.9. The fourth-order valence-corrected chi connectivity index (χ4v) is 4.50. The van der Waals surface area contributed by atoms with Crippen molar-refractivity contribution in [1.82, 2.24) is 15.2 Å². The number of hydrogen-bond donors (Lipinski definition) is 1. The van der Waals surface area contributed by atoms with E-state index in [1.54, 1.807) is 11.0 Å². The van der Waals surface area contributed by atoms with Gasteiger partial charge in [0, 0.05) is 18.3 Å². The van der Waals surface area contributed by atoms with Crippen molar-refractivity contribution in [2.75, 3.05) is 13.2 Å². The molecule has 1 aliphatic carbocycles. The molecular formula is C24H25N3O4. The quantitative estimate of drug-likeness (QED) is 0.776. The molecule has 3 aliphatic rings. The number of carbonyl (C=O) groups is 3. The van der Waals surface area contributed by atoms with Crippen LogP contribution < -0.4 is 5.32 Å². The Morgan fingerprint density at radius 1 is 1.13 bits per heavy atom. The first-order chi connectivity index (χ1) is 15.1. The molecule has 0 spiro atoms. The average Bonchev–Trinajstić information content (AvgIpc) is 3.40. The zero-order valence-corrected chi connectivity index (χ0v) is 17.2. The molecule has 0 bridgehead atoms. The lowest BCUT2D eigenvalue weighted by Crippen LogP contribution is -2.52. The van der Waals surface area contributed by atoms with Gasteiger partial charge in [0.05, 0.1) is 17.4 Å². The molecule has 1 aromatic carbocycles. The first-order valence-electron chi connectivity index (χ1n) is 10.9. The van der Waals surface area contributed by atoms with E-state index in [1.807, 2.05) is 36.4 Å². The predicted molar refractivity (Wildman–Crippen MR) is 113 cm³/mol. The highest BCUT2D eigenvalue weighted by Gasteiger charge is 2.48. The average molecular weight is 419 g/mol. The summed E-state index contributed by atoms with van der Waals surface area (Å²) in [7, 11) is 0. The van der Waals surface area contributed by atoms with Crippen LogP contribution in [0.2, 0.25) is 0 Å². The molecule has 2 aliphatic heterocycles. The molecule has 1 saturated carbocycles. The topological polar surface area (TPSA) is 88.6 Å². The third kappa shape index (κ3) is 4.10. The first-order valence-corrected chi connectivity index (χ1v) is 10.9. The van der Waals surface area contributed by atoms with E-state index in [0.717, 1.165) is 24.1 Å². The summed E-state index contributed by atoms with van der Waals surface area (Å²) in [5, 5.41) is 2.91. The monoisotopic (exact) mass is 419 g/mol. The fourth-order valence-electron chi connectivity index (χ4n) is 4.50. The zero-order chi connectivity index (χ0) is 21.4. The number of hydrogen-bond acceptors (Lipinski definition) is 5. The number of Topliss-reactive ketones (excluding diaryl/α,β-unsaturated/α-hetero) is 1. The SMILES string of the molecule is O=C(NC(CC1CC1)C(=O)N1CCC2OCC(=O)C21)c1ccc(-c2ccccc2)nc1. The Morgan fingerprint density at radius 2 is 1.94 bits per heavy atom. The van der Waals surface area contributed by atoms with E-state index in [0.29, 0.717) is 30.9 Å². The lowest BCUT2D eigenvalue weighted by Gasteiger charge is -2.27. The van der Waals surface area contributed by atoms with Crippen molar-refractivity contribution < 1.29 is 19.1 Å². The number of amides is 2. The molecule has 1 aromatic heterocycles. The number of carbonyl (C=O) groups excluding carboxylic acids is 3. The van der Waals surface area contributed by atoms with Crippen molar-refractivity contribution in [3.05, 3.63) is 54.2 Å². The van der Waals surface area contributed by atoms with Gasteiger partial charge in [0.1, 0.15) is 18.7 Å². The Morgan fingerprint density at radius 3 is 2.65 bits per heavy atom. The summed E-state index contributed by atoms with van der Waals surface area (Å²) in [6.45, 7) is 0.558. The van der Waals surface area contributed by atoms with Crippen molar-refractivity contribution in [3.8, 4) is 11.3 Å². The third-order valence-corrected chi connectivity index (χ3v) is 6.36. The Kier molecular flexibility index (Phi) is 5.28. The lowest BCUT2D eigenvalue weighted by atomic mass is 10.1. The molecule has 31 heavy (non-hydrogen) atoms. The standard InChI is InChI=1S/C24H25N3O4/c28-20-14-31-21-10-11-27(22(20)21)24(30)19(12-15-6-7-15)26-23(29)17-8-9-18(25-13-17)16-4-2-1-3-5-16/h1-5,8-9,13,15,19,21-22H,6-7,10-12,14H2,(H,26,29). The molecule has 3 unspecified atom stereocenters. The van der Waals surface area contributed by atoms with Crippen LogP contribution in [0.3, 0.4) is 0 Å². The van der Waals surface area contributed by atoms with E-state index in [4.69, 9.17) is 4.74 Å². The third-order valence-electron chi connectivity index (χ3n) is 6.36. The van der Waals surface area contributed by atoms with Gasteiger partial charge in [-0.25, -0.2) is 0 Å². The fraction of sp³-hybridized carbons (Fsp3) is 0.417. The summed E-state index contributed by atoms with van der Waals surface area (Å²) in [4.78, 5) is 44.4. The Bertz CT molecular complexity index is 988. The van der Waals surface area contributed by atoms with Gasteiger partial charge >= 0.3 is 0 Å². The number of nitrogens with zero attached hydrogens (tertiary/aromatic N) is 2. The summed E-state index contributed by atoms with van der Waals surface area (Å²) >= 11 is 0. The van der Waals surface area contributed by atoms with Gasteiger partial charge in [0.25, 0.3) is 5.91 Å². The summed E-state index contributed by atoms with van der Waals surface area (Å²) in [5.74, 6) is -0.105. The summed E-state index contributed by atoms with van der Waals surface area (Å²) < 4.78 is 5.50. The van der Waals surface area contributed by atoms with Gasteiger partial charge in [-0.1, -0.05) is 43.2 Å². The van der Waals surface area contributed by atoms with Crippen LogP contribution in [0.4, 0.5) is 0 Å². The number of ketones is 1. The molecule has 2 saturated heterocycles. The number of pyridine rings is 1. The van der Waals surface area contributed by atoms with E-state index in [1.165, 1.54) is 6.20 Å². The second kappa shape index (κ2) is 8.23. The van der Waals surface area contributed by atoms with E-state index in [-0.39, 0.29) is 30.3 Å². The number of nitrogens with one attached hydrogen (secondary N) is 1. The Balaban J connectivity index is 1.30. The second-order valence-corrected chi connectivity index (χ2v) is 8.58. The highest BCUT2D eigenvalue weighted by molar-refractivity contribution is 5.99. The van der Waals surface area contributed by atoms with Crippen LogP contribution in [-0.2, 0) is 14.3 Å². The summed E-state index contributed by atoms with van der Waals surface area (Å²) in [5.41, 5.74) is 2.17. The summed E-state index contributed by atoms with van der Waals surface area (Å²) in [6.07, 6.45) is 4.74. The maximum atomic E-state index is 13.3. The molecule has 7 nitrogen and oxygen atoms in total. The van der Waals surface area contributed by atoms with Gasteiger partial charge in [-0.3, -0.25) is 19.4 Å². The number of aromatic nitrogens is 1. The molecule has 0 radical (unpaired) electrons. The highest BCUT2D eigenvalue weighted by atomic mass is 16.5. The van der Waals surface area contributed by atoms with E-state index >= 15 is 0 Å². The van der Waals surface area contributed by atoms with Crippen LogP contribution in [0.5, 0.6) is 0 Å². The lowest BCUT2D eigenvalue weighted by molar-refractivity contribution is -0.138. The molecule has 5 rings (SSSR count). The number of likely N-dealkylation sites (tertiary alicyclic amines) is 1. The minimum absolute atomic E-state index is 0.0481. The minimum atomic E-state index is -0.638. The van der Waals surface area contributed by atoms with Crippen LogP contribution in [0.1, 0.15) is 36.0 Å². The molecular weight excluding hydrogens is 394 g/mol. The van der Waals surface area contributed by atoms with Gasteiger partial charge < -0.3 is 15.0 Å². The maximum Gasteiger partial charge on any atom is 0.253 e. The van der Waals surface area contributed by atoms with Gasteiger partial charge in [0.2, 0.25) is 5.91 Å². The van der Waals surface area contributed by atoms with Crippen molar-refractivity contribution >= 4 is 17.6 Å². The van der Waals surface area contributed by atoms with Crippen LogP contribution in [0, 0.1) is 5.92 Å². The van der Waals surface area contributed by atoms with E-state index in [9.17, 15) is 14.4 Å². The summed E-state index contributed by atoms with van der Waals surface area (Å²) in [6, 6.07) is 12.1. The Hall–Kier alpha value is -3.06. The predicted octanol–water partition coefficient (Wildman–Crippen LogP) is 2.22. The van der Waals surface area contributed by atoms with Gasteiger partial charge in [-0.15, -0.1) is 0 Å². The Labute approximate surface area is 180 Å². The van der Waals surface area contributed by atoms with Crippen molar-refractivity contribution in [2.45, 2.75) is 43.9 Å². The van der Waals surface area contributed by atoms with Crippen molar-refractivity contribution in [2.24, 2.45) is 5.92 Å². The molecule has 3 heterocycles. The molecule has 3 atom stereocenters. The molecule has 3 fully saturated rings. The molecule has 160 valence electrons. The number of benzene rings is 1. The molecule has 7 heteroatoms.